The molecule has 0 aromatic heterocycles. The minimum absolute atomic E-state index is 0. The Morgan fingerprint density at radius 1 is 1.53 bits per heavy atom. The van der Waals surface area contributed by atoms with Crippen molar-refractivity contribution in [2.24, 2.45) is 5.73 Å². The summed E-state index contributed by atoms with van der Waals surface area (Å²) in [7, 11) is 0. The summed E-state index contributed by atoms with van der Waals surface area (Å²) < 4.78 is 0. The van der Waals surface area contributed by atoms with Crippen LogP contribution in [-0.2, 0) is 0 Å². The van der Waals surface area contributed by atoms with E-state index in [1.54, 1.807) is 0 Å². The Hall–Kier alpha value is -0.500. The molecule has 0 bridgehead atoms. The molecule has 0 amide bonds. The van der Waals surface area contributed by atoms with Gasteiger partial charge in [0.1, 0.15) is 0 Å². The highest BCUT2D eigenvalue weighted by Gasteiger charge is 2.12. The van der Waals surface area contributed by atoms with Gasteiger partial charge >= 0.3 is 0 Å². The molecular formula is C12H17Cl2N. The van der Waals surface area contributed by atoms with Crippen LogP contribution in [0.15, 0.2) is 30.4 Å². The molecule has 1 atom stereocenters. The second-order valence-corrected chi connectivity index (χ2v) is 4.15. The van der Waals surface area contributed by atoms with Crippen molar-refractivity contribution in [3.63, 3.8) is 0 Å². The summed E-state index contributed by atoms with van der Waals surface area (Å²) in [4.78, 5) is 0. The van der Waals surface area contributed by atoms with Crippen molar-refractivity contribution in [2.75, 3.05) is 0 Å². The van der Waals surface area contributed by atoms with Gasteiger partial charge in [-0.1, -0.05) is 29.3 Å². The Kier molecular flexibility index (Phi) is 5.96. The van der Waals surface area contributed by atoms with Gasteiger partial charge < -0.3 is 5.73 Å². The first-order chi connectivity index (χ1) is 6.52. The van der Waals surface area contributed by atoms with Gasteiger partial charge in [0, 0.05) is 11.1 Å². The molecule has 1 nitrogen and oxygen atoms in total. The topological polar surface area (TPSA) is 26.0 Å². The van der Waals surface area contributed by atoms with Gasteiger partial charge in [-0.25, -0.2) is 0 Å². The second-order valence-electron chi connectivity index (χ2n) is 3.74. The summed E-state index contributed by atoms with van der Waals surface area (Å²) in [6.07, 6.45) is 0.782. The summed E-state index contributed by atoms with van der Waals surface area (Å²) in [5, 5.41) is 0.749. The third-order valence-electron chi connectivity index (χ3n) is 2.21. The average molecular weight is 246 g/mol. The molecule has 0 saturated carbocycles. The molecule has 15 heavy (non-hydrogen) atoms. The van der Waals surface area contributed by atoms with Crippen molar-refractivity contribution in [2.45, 2.75) is 26.3 Å². The first-order valence-corrected chi connectivity index (χ1v) is 5.05. The predicted octanol–water partition coefficient (Wildman–Crippen LogP) is 4.04. The van der Waals surface area contributed by atoms with E-state index in [2.05, 4.69) is 6.58 Å². The van der Waals surface area contributed by atoms with Gasteiger partial charge in [-0.2, -0.15) is 0 Å². The van der Waals surface area contributed by atoms with Crippen molar-refractivity contribution in [3.05, 3.63) is 46.5 Å². The minimum atomic E-state index is -0.0406. The Labute approximate surface area is 103 Å². The molecule has 2 N–H and O–H groups in total. The van der Waals surface area contributed by atoms with E-state index in [4.69, 9.17) is 17.3 Å². The van der Waals surface area contributed by atoms with Crippen LogP contribution in [0.4, 0.5) is 0 Å². The summed E-state index contributed by atoms with van der Waals surface area (Å²) in [6, 6.07) is 5.80. The first kappa shape index (κ1) is 14.5. The molecule has 0 aliphatic heterocycles. The molecule has 1 aromatic carbocycles. The van der Waals surface area contributed by atoms with Crippen LogP contribution in [0.3, 0.4) is 0 Å². The second kappa shape index (κ2) is 6.16. The van der Waals surface area contributed by atoms with E-state index >= 15 is 0 Å². The maximum absolute atomic E-state index is 6.10. The number of hydrogen-bond donors (Lipinski definition) is 1. The lowest BCUT2D eigenvalue weighted by Crippen LogP contribution is -2.12. The Bertz CT molecular complexity index is 327. The van der Waals surface area contributed by atoms with Crippen LogP contribution < -0.4 is 5.73 Å². The lowest BCUT2D eigenvalue weighted by atomic mass is 9.97. The highest BCUT2D eigenvalue weighted by molar-refractivity contribution is 6.31. The third-order valence-corrected chi connectivity index (χ3v) is 2.54. The minimum Gasteiger partial charge on any atom is -0.324 e. The van der Waals surface area contributed by atoms with Crippen LogP contribution in [0.25, 0.3) is 0 Å². The molecule has 84 valence electrons. The van der Waals surface area contributed by atoms with Crippen LogP contribution >= 0.6 is 24.0 Å². The van der Waals surface area contributed by atoms with Gasteiger partial charge in [-0.15, -0.1) is 19.0 Å². The standard InChI is InChI=1S/C12H16ClN.ClH/c1-8(2)7-11(14)12-9(3)5-4-6-10(12)13;/h4-6,11H,1,7,14H2,2-3H3;1H/t11-;/m1./s1. The summed E-state index contributed by atoms with van der Waals surface area (Å²) in [5.74, 6) is 0. The van der Waals surface area contributed by atoms with Gasteiger partial charge in [0.25, 0.3) is 0 Å². The molecule has 0 aliphatic carbocycles. The highest BCUT2D eigenvalue weighted by Crippen LogP contribution is 2.28. The molecule has 0 spiro atoms. The Balaban J connectivity index is 0.00000196. The Morgan fingerprint density at radius 2 is 2.13 bits per heavy atom. The van der Waals surface area contributed by atoms with Gasteiger partial charge in [0.15, 0.2) is 0 Å². The maximum Gasteiger partial charge on any atom is 0.0456 e. The zero-order valence-corrected chi connectivity index (χ0v) is 10.7. The molecule has 0 unspecified atom stereocenters. The predicted molar refractivity (Wildman–Crippen MR) is 69.8 cm³/mol. The number of rotatable bonds is 3. The molecule has 1 aromatic rings. The van der Waals surface area contributed by atoms with E-state index in [0.29, 0.717) is 0 Å². The first-order valence-electron chi connectivity index (χ1n) is 4.67. The van der Waals surface area contributed by atoms with Gasteiger partial charge in [-0.3, -0.25) is 0 Å². The molecule has 0 aliphatic rings. The zero-order valence-electron chi connectivity index (χ0n) is 9.09. The van der Waals surface area contributed by atoms with Gasteiger partial charge in [0.2, 0.25) is 0 Å². The smallest absolute Gasteiger partial charge is 0.0456 e. The normalized spacial score (nSPS) is 11.7. The number of halogens is 2. The molecule has 1 rings (SSSR count). The van der Waals surface area contributed by atoms with Gasteiger partial charge in [-0.05, 0) is 37.5 Å². The fourth-order valence-corrected chi connectivity index (χ4v) is 1.95. The van der Waals surface area contributed by atoms with Crippen LogP contribution in [0.5, 0.6) is 0 Å². The van der Waals surface area contributed by atoms with E-state index < -0.39 is 0 Å². The van der Waals surface area contributed by atoms with Crippen molar-refractivity contribution < 1.29 is 0 Å². The molecule has 0 radical (unpaired) electrons. The van der Waals surface area contributed by atoms with E-state index in [1.165, 1.54) is 0 Å². The molecular weight excluding hydrogens is 229 g/mol. The van der Waals surface area contributed by atoms with Gasteiger partial charge in [0.05, 0.1) is 0 Å². The fourth-order valence-electron chi connectivity index (χ4n) is 1.59. The SMILES string of the molecule is C=C(C)C[C@@H](N)c1c(C)cccc1Cl.Cl. The highest BCUT2D eigenvalue weighted by atomic mass is 35.5. The fraction of sp³-hybridized carbons (Fsp3) is 0.333. The number of benzene rings is 1. The van der Waals surface area contributed by atoms with E-state index in [-0.39, 0.29) is 18.4 Å². The van der Waals surface area contributed by atoms with Crippen molar-refractivity contribution in [1.29, 1.82) is 0 Å². The van der Waals surface area contributed by atoms with Crippen LogP contribution in [-0.4, -0.2) is 0 Å². The third kappa shape index (κ3) is 3.86. The van der Waals surface area contributed by atoms with Crippen molar-refractivity contribution in [1.82, 2.24) is 0 Å². The van der Waals surface area contributed by atoms with Crippen molar-refractivity contribution >= 4 is 24.0 Å². The largest absolute Gasteiger partial charge is 0.324 e. The van der Waals surface area contributed by atoms with E-state index in [9.17, 15) is 0 Å². The lowest BCUT2D eigenvalue weighted by Gasteiger charge is -2.16. The lowest BCUT2D eigenvalue weighted by molar-refractivity contribution is 0.712. The average Bonchev–Trinajstić information content (AvgIpc) is 2.01. The molecule has 0 saturated heterocycles. The number of nitrogens with two attached hydrogens (primary N) is 1. The number of hydrogen-bond acceptors (Lipinski definition) is 1. The molecule has 0 fully saturated rings. The zero-order chi connectivity index (χ0) is 10.7. The summed E-state index contributed by atoms with van der Waals surface area (Å²) in [6.45, 7) is 7.86. The maximum atomic E-state index is 6.10. The Morgan fingerprint density at radius 3 is 2.60 bits per heavy atom. The summed E-state index contributed by atoms with van der Waals surface area (Å²) in [5.41, 5.74) is 9.32. The van der Waals surface area contributed by atoms with E-state index in [0.717, 1.165) is 28.1 Å². The molecule has 0 heterocycles. The monoisotopic (exact) mass is 245 g/mol. The molecule has 3 heteroatoms. The summed E-state index contributed by atoms with van der Waals surface area (Å²) >= 11 is 6.10. The van der Waals surface area contributed by atoms with E-state index in [1.807, 2.05) is 32.0 Å². The number of aryl methyl sites for hydroxylation is 1. The van der Waals surface area contributed by atoms with Crippen LogP contribution in [0, 0.1) is 6.92 Å². The quantitative estimate of drug-likeness (QED) is 0.800. The van der Waals surface area contributed by atoms with Crippen LogP contribution in [0.1, 0.15) is 30.5 Å². The van der Waals surface area contributed by atoms with Crippen molar-refractivity contribution in [3.8, 4) is 0 Å². The van der Waals surface area contributed by atoms with Crippen LogP contribution in [0.2, 0.25) is 5.02 Å².